The van der Waals surface area contributed by atoms with E-state index in [4.69, 9.17) is 5.73 Å². The third kappa shape index (κ3) is 1.71. The predicted octanol–water partition coefficient (Wildman–Crippen LogP) is 1.13. The molecule has 1 heterocycles. The highest BCUT2D eigenvalue weighted by molar-refractivity contribution is 5.87. The Hall–Kier alpha value is -1.32. The van der Waals surface area contributed by atoms with Crippen LogP contribution in [-0.4, -0.2) is 15.6 Å². The van der Waals surface area contributed by atoms with Gasteiger partial charge in [-0.25, -0.2) is 4.99 Å². The smallest absolute Gasteiger partial charge is 0.106 e. The van der Waals surface area contributed by atoms with Gasteiger partial charge in [-0.15, -0.1) is 0 Å². The minimum absolute atomic E-state index is 0.527. The Morgan fingerprint density at radius 2 is 2.38 bits per heavy atom. The van der Waals surface area contributed by atoms with Crippen LogP contribution in [0.5, 0.6) is 0 Å². The van der Waals surface area contributed by atoms with Gasteiger partial charge in [-0.3, -0.25) is 4.68 Å². The molecule has 1 aromatic rings. The highest BCUT2D eigenvalue weighted by Crippen LogP contribution is 2.30. The molecule has 0 aliphatic heterocycles. The first-order chi connectivity index (χ1) is 6.16. The molecule has 0 spiro atoms. The highest BCUT2D eigenvalue weighted by atomic mass is 15.3. The summed E-state index contributed by atoms with van der Waals surface area (Å²) in [6.45, 7) is 1.94. The van der Waals surface area contributed by atoms with E-state index in [1.807, 2.05) is 20.2 Å². The topological polar surface area (TPSA) is 56.2 Å². The summed E-state index contributed by atoms with van der Waals surface area (Å²) in [5.74, 6) is 1.29. The number of aryl methyl sites for hydroxylation is 2. The molecular formula is C9H14N4. The van der Waals surface area contributed by atoms with Crippen molar-refractivity contribution < 1.29 is 0 Å². The average Bonchev–Trinajstić information content (AvgIpc) is 2.81. The van der Waals surface area contributed by atoms with Gasteiger partial charge in [0, 0.05) is 13.0 Å². The van der Waals surface area contributed by atoms with Crippen LogP contribution in [0.4, 0.5) is 5.69 Å². The molecule has 2 rings (SSSR count). The van der Waals surface area contributed by atoms with Crippen LogP contribution in [0.1, 0.15) is 18.5 Å². The maximum atomic E-state index is 5.80. The molecule has 0 unspecified atom stereocenters. The summed E-state index contributed by atoms with van der Waals surface area (Å²) in [4.78, 5) is 4.35. The predicted molar refractivity (Wildman–Crippen MR) is 52.0 cm³/mol. The van der Waals surface area contributed by atoms with Crippen molar-refractivity contribution >= 4 is 11.5 Å². The van der Waals surface area contributed by atoms with Crippen molar-refractivity contribution in [2.45, 2.75) is 19.8 Å². The molecule has 0 atom stereocenters. The van der Waals surface area contributed by atoms with Crippen molar-refractivity contribution in [3.05, 3.63) is 11.9 Å². The second-order valence-electron chi connectivity index (χ2n) is 3.58. The number of hydrogen-bond acceptors (Lipinski definition) is 2. The van der Waals surface area contributed by atoms with Crippen molar-refractivity contribution in [1.29, 1.82) is 0 Å². The van der Waals surface area contributed by atoms with Gasteiger partial charge in [-0.1, -0.05) is 0 Å². The highest BCUT2D eigenvalue weighted by Gasteiger charge is 2.25. The number of rotatable bonds is 2. The largest absolute Gasteiger partial charge is 0.387 e. The maximum Gasteiger partial charge on any atom is 0.106 e. The monoisotopic (exact) mass is 178 g/mol. The molecule has 70 valence electrons. The number of amidine groups is 1. The zero-order chi connectivity index (χ0) is 9.42. The van der Waals surface area contributed by atoms with Crippen molar-refractivity contribution in [1.82, 2.24) is 9.78 Å². The lowest BCUT2D eigenvalue weighted by Gasteiger charge is -1.94. The Kier molecular flexibility index (Phi) is 1.83. The lowest BCUT2D eigenvalue weighted by molar-refractivity contribution is 0.756. The first kappa shape index (κ1) is 8.29. The minimum Gasteiger partial charge on any atom is -0.387 e. The second kappa shape index (κ2) is 2.87. The SMILES string of the molecule is Cc1nn(C)cc1N=C(N)C1CC1. The normalized spacial score (nSPS) is 17.8. The Morgan fingerprint density at radius 1 is 1.69 bits per heavy atom. The Morgan fingerprint density at radius 3 is 2.85 bits per heavy atom. The Labute approximate surface area is 77.5 Å². The fourth-order valence-electron chi connectivity index (χ4n) is 1.31. The van der Waals surface area contributed by atoms with Crippen LogP contribution in [0.3, 0.4) is 0 Å². The van der Waals surface area contributed by atoms with Crippen molar-refractivity contribution in [3.8, 4) is 0 Å². The van der Waals surface area contributed by atoms with E-state index in [0.29, 0.717) is 5.92 Å². The molecular weight excluding hydrogens is 164 g/mol. The lowest BCUT2D eigenvalue weighted by atomic mass is 10.3. The van der Waals surface area contributed by atoms with Crippen molar-refractivity contribution in [2.24, 2.45) is 23.7 Å². The Balaban J connectivity index is 2.24. The summed E-state index contributed by atoms with van der Waals surface area (Å²) in [5, 5.41) is 4.20. The van der Waals surface area contributed by atoms with Gasteiger partial charge in [-0.2, -0.15) is 5.10 Å². The standard InChI is InChI=1S/C9H14N4/c1-6-8(5-13(2)12-6)11-9(10)7-3-4-7/h5,7H,3-4H2,1-2H3,(H2,10,11). The van der Waals surface area contributed by atoms with E-state index in [1.54, 1.807) is 4.68 Å². The van der Waals surface area contributed by atoms with E-state index in [9.17, 15) is 0 Å². The molecule has 0 aromatic carbocycles. The molecule has 2 N–H and O–H groups in total. The van der Waals surface area contributed by atoms with E-state index in [2.05, 4.69) is 10.1 Å². The summed E-state index contributed by atoms with van der Waals surface area (Å²) in [6, 6.07) is 0. The van der Waals surface area contributed by atoms with Crippen LogP contribution < -0.4 is 5.73 Å². The fourth-order valence-corrected chi connectivity index (χ4v) is 1.31. The van der Waals surface area contributed by atoms with Crippen LogP contribution in [0.2, 0.25) is 0 Å². The minimum atomic E-state index is 0.527. The molecule has 1 fully saturated rings. The number of aliphatic imine (C=N–C) groups is 1. The summed E-state index contributed by atoms with van der Waals surface area (Å²) in [6.07, 6.45) is 4.27. The van der Waals surface area contributed by atoms with Gasteiger partial charge < -0.3 is 5.73 Å². The van der Waals surface area contributed by atoms with Crippen LogP contribution >= 0.6 is 0 Å². The molecule has 1 aliphatic carbocycles. The average molecular weight is 178 g/mol. The Bertz CT molecular complexity index is 346. The van der Waals surface area contributed by atoms with Gasteiger partial charge in [0.1, 0.15) is 11.5 Å². The van der Waals surface area contributed by atoms with Gasteiger partial charge in [0.05, 0.1) is 11.9 Å². The number of nitrogens with two attached hydrogens (primary N) is 1. The molecule has 13 heavy (non-hydrogen) atoms. The van der Waals surface area contributed by atoms with E-state index in [0.717, 1.165) is 17.2 Å². The van der Waals surface area contributed by atoms with E-state index in [-0.39, 0.29) is 0 Å². The van der Waals surface area contributed by atoms with Gasteiger partial charge >= 0.3 is 0 Å². The molecule has 0 saturated heterocycles. The van der Waals surface area contributed by atoms with Crippen molar-refractivity contribution in [3.63, 3.8) is 0 Å². The van der Waals surface area contributed by atoms with Crippen LogP contribution in [0.25, 0.3) is 0 Å². The molecule has 1 aromatic heterocycles. The molecule has 1 saturated carbocycles. The molecule has 4 nitrogen and oxygen atoms in total. The maximum absolute atomic E-state index is 5.80. The number of aromatic nitrogens is 2. The van der Waals surface area contributed by atoms with Gasteiger partial charge in [0.2, 0.25) is 0 Å². The molecule has 0 bridgehead atoms. The van der Waals surface area contributed by atoms with E-state index < -0.39 is 0 Å². The number of nitrogens with zero attached hydrogens (tertiary/aromatic N) is 3. The summed E-state index contributed by atoms with van der Waals surface area (Å²) in [5.41, 5.74) is 7.63. The van der Waals surface area contributed by atoms with Gasteiger partial charge in [-0.05, 0) is 19.8 Å². The van der Waals surface area contributed by atoms with Crippen molar-refractivity contribution in [2.75, 3.05) is 0 Å². The molecule has 0 amide bonds. The van der Waals surface area contributed by atoms with Crippen LogP contribution in [-0.2, 0) is 7.05 Å². The molecule has 1 aliphatic rings. The lowest BCUT2D eigenvalue weighted by Crippen LogP contribution is -2.13. The third-order valence-electron chi connectivity index (χ3n) is 2.23. The molecule has 0 radical (unpaired) electrons. The second-order valence-corrected chi connectivity index (χ2v) is 3.58. The number of hydrogen-bond donors (Lipinski definition) is 1. The van der Waals surface area contributed by atoms with E-state index in [1.165, 1.54) is 12.8 Å². The zero-order valence-electron chi connectivity index (χ0n) is 7.99. The molecule has 4 heteroatoms. The third-order valence-corrected chi connectivity index (χ3v) is 2.23. The fraction of sp³-hybridized carbons (Fsp3) is 0.556. The summed E-state index contributed by atoms with van der Waals surface area (Å²) in [7, 11) is 1.89. The van der Waals surface area contributed by atoms with Gasteiger partial charge in [0.25, 0.3) is 0 Å². The van der Waals surface area contributed by atoms with E-state index >= 15 is 0 Å². The summed E-state index contributed by atoms with van der Waals surface area (Å²) >= 11 is 0. The summed E-state index contributed by atoms with van der Waals surface area (Å²) < 4.78 is 1.76. The first-order valence-corrected chi connectivity index (χ1v) is 4.51. The van der Waals surface area contributed by atoms with Gasteiger partial charge in [0.15, 0.2) is 0 Å². The quantitative estimate of drug-likeness (QED) is 0.545. The first-order valence-electron chi connectivity index (χ1n) is 4.51. The van der Waals surface area contributed by atoms with Crippen LogP contribution in [0, 0.1) is 12.8 Å². The zero-order valence-corrected chi connectivity index (χ0v) is 7.99. The van der Waals surface area contributed by atoms with Crippen LogP contribution in [0.15, 0.2) is 11.2 Å².